The van der Waals surface area contributed by atoms with E-state index >= 15 is 0 Å². The lowest BCUT2D eigenvalue weighted by molar-refractivity contribution is -0.119. The molecule has 0 saturated carbocycles. The van der Waals surface area contributed by atoms with Gasteiger partial charge >= 0.3 is 0 Å². The molecule has 0 radical (unpaired) electrons. The monoisotopic (exact) mass is 229 g/mol. The molecule has 6 heteroatoms. The number of carbonyl (C=O) groups is 1. The van der Waals surface area contributed by atoms with Gasteiger partial charge in [-0.3, -0.25) is 9.69 Å². The van der Waals surface area contributed by atoms with Gasteiger partial charge in [-0.2, -0.15) is 0 Å². The van der Waals surface area contributed by atoms with E-state index in [1.54, 1.807) is 0 Å². The summed E-state index contributed by atoms with van der Waals surface area (Å²) in [5.41, 5.74) is 10.6. The molecule has 0 bridgehead atoms. The summed E-state index contributed by atoms with van der Waals surface area (Å²) in [4.78, 5) is 15.4. The maximum Gasteiger partial charge on any atom is 0.235 e. The van der Waals surface area contributed by atoms with Crippen LogP contribution >= 0.6 is 0 Å². The van der Waals surface area contributed by atoms with Crippen molar-refractivity contribution < 1.29 is 4.79 Å². The van der Waals surface area contributed by atoms with Crippen LogP contribution in [0.3, 0.4) is 0 Å². The number of piperazine rings is 1. The van der Waals surface area contributed by atoms with Crippen LogP contribution in [0.5, 0.6) is 0 Å². The van der Waals surface area contributed by atoms with Crippen LogP contribution in [0.15, 0.2) is 0 Å². The van der Waals surface area contributed by atoms with Gasteiger partial charge in [0.05, 0.1) is 6.04 Å². The summed E-state index contributed by atoms with van der Waals surface area (Å²) in [6, 6.07) is -0.120. The third kappa shape index (κ3) is 4.05. The summed E-state index contributed by atoms with van der Waals surface area (Å²) in [6.07, 6.45) is 0. The van der Waals surface area contributed by atoms with Gasteiger partial charge in [-0.25, -0.2) is 0 Å². The fourth-order valence-electron chi connectivity index (χ4n) is 1.83. The van der Waals surface area contributed by atoms with Gasteiger partial charge in [-0.15, -0.1) is 0 Å². The maximum atomic E-state index is 10.7. The van der Waals surface area contributed by atoms with Crippen LogP contribution in [0, 0.1) is 0 Å². The van der Waals surface area contributed by atoms with Crippen LogP contribution < -0.4 is 16.8 Å². The van der Waals surface area contributed by atoms with E-state index in [0.29, 0.717) is 12.6 Å². The highest BCUT2D eigenvalue weighted by atomic mass is 16.1. The molecule has 2 atom stereocenters. The summed E-state index contributed by atoms with van der Waals surface area (Å²) < 4.78 is 0. The van der Waals surface area contributed by atoms with Gasteiger partial charge in [0.15, 0.2) is 0 Å². The predicted octanol–water partition coefficient (Wildman–Crippen LogP) is -2.37. The Labute approximate surface area is 96.9 Å². The van der Waals surface area contributed by atoms with Crippen molar-refractivity contribution in [3.05, 3.63) is 0 Å². The van der Waals surface area contributed by atoms with Crippen molar-refractivity contribution in [1.82, 2.24) is 15.1 Å². The Morgan fingerprint density at radius 2 is 2.19 bits per heavy atom. The number of nitrogens with two attached hydrogens (primary N) is 2. The first-order valence-corrected chi connectivity index (χ1v) is 5.65. The first kappa shape index (κ1) is 13.4. The van der Waals surface area contributed by atoms with E-state index in [4.69, 9.17) is 11.5 Å². The zero-order valence-corrected chi connectivity index (χ0v) is 10.1. The molecule has 94 valence electrons. The Kier molecular flexibility index (Phi) is 5.14. The summed E-state index contributed by atoms with van der Waals surface area (Å²) in [7, 11) is 4.24. The fourth-order valence-corrected chi connectivity index (χ4v) is 1.83. The average Bonchev–Trinajstić information content (AvgIpc) is 2.22. The van der Waals surface area contributed by atoms with E-state index in [2.05, 4.69) is 29.2 Å². The molecule has 1 aliphatic heterocycles. The molecule has 1 heterocycles. The van der Waals surface area contributed by atoms with Gasteiger partial charge in [0.2, 0.25) is 5.91 Å². The number of carbonyl (C=O) groups excluding carboxylic acids is 1. The number of nitrogens with zero attached hydrogens (tertiary/aromatic N) is 2. The summed E-state index contributed by atoms with van der Waals surface area (Å²) in [5.74, 6) is -0.457. The number of rotatable bonds is 5. The molecule has 0 aliphatic carbocycles. The van der Waals surface area contributed by atoms with Crippen LogP contribution in [-0.2, 0) is 4.79 Å². The average molecular weight is 229 g/mol. The number of hydrogen-bond donors (Lipinski definition) is 3. The minimum atomic E-state index is -0.591. The SMILES string of the molecule is CN1CCN(C)C(CNCC(N)C(N)=O)C1. The number of amides is 1. The smallest absolute Gasteiger partial charge is 0.235 e. The van der Waals surface area contributed by atoms with Crippen molar-refractivity contribution in [2.45, 2.75) is 12.1 Å². The van der Waals surface area contributed by atoms with Crippen molar-refractivity contribution in [2.24, 2.45) is 11.5 Å². The Morgan fingerprint density at radius 3 is 2.81 bits per heavy atom. The summed E-state index contributed by atoms with van der Waals surface area (Å²) in [5, 5.41) is 3.19. The van der Waals surface area contributed by atoms with E-state index in [1.165, 1.54) is 0 Å². The fraction of sp³-hybridized carbons (Fsp3) is 0.900. The van der Waals surface area contributed by atoms with Crippen LogP contribution in [0.4, 0.5) is 0 Å². The molecular weight excluding hydrogens is 206 g/mol. The highest BCUT2D eigenvalue weighted by Gasteiger charge is 2.21. The predicted molar refractivity (Wildman–Crippen MR) is 64.0 cm³/mol. The Bertz CT molecular complexity index is 235. The zero-order chi connectivity index (χ0) is 12.1. The molecule has 1 amide bonds. The number of nitrogens with one attached hydrogen (secondary N) is 1. The van der Waals surface area contributed by atoms with Crippen molar-refractivity contribution in [3.8, 4) is 0 Å². The van der Waals surface area contributed by atoms with Gasteiger partial charge in [0.1, 0.15) is 0 Å². The highest BCUT2D eigenvalue weighted by Crippen LogP contribution is 2.04. The minimum absolute atomic E-state index is 0.448. The Hall–Kier alpha value is -0.690. The highest BCUT2D eigenvalue weighted by molar-refractivity contribution is 5.79. The second-order valence-electron chi connectivity index (χ2n) is 4.56. The van der Waals surface area contributed by atoms with Crippen LogP contribution in [-0.4, -0.2) is 74.6 Å². The lowest BCUT2D eigenvalue weighted by atomic mass is 10.2. The largest absolute Gasteiger partial charge is 0.368 e. The van der Waals surface area contributed by atoms with Crippen LogP contribution in [0.2, 0.25) is 0 Å². The van der Waals surface area contributed by atoms with Crippen LogP contribution in [0.25, 0.3) is 0 Å². The molecule has 6 nitrogen and oxygen atoms in total. The van der Waals surface area contributed by atoms with Crippen molar-refractivity contribution in [1.29, 1.82) is 0 Å². The topological polar surface area (TPSA) is 87.6 Å². The minimum Gasteiger partial charge on any atom is -0.368 e. The van der Waals surface area contributed by atoms with E-state index in [-0.39, 0.29) is 0 Å². The quantitative estimate of drug-likeness (QED) is 0.491. The Balaban J connectivity index is 2.23. The second kappa shape index (κ2) is 6.15. The van der Waals surface area contributed by atoms with Gasteiger partial charge in [-0.05, 0) is 14.1 Å². The van der Waals surface area contributed by atoms with Crippen molar-refractivity contribution in [3.63, 3.8) is 0 Å². The molecule has 0 aromatic carbocycles. The third-order valence-electron chi connectivity index (χ3n) is 3.09. The molecule has 0 aromatic heterocycles. The third-order valence-corrected chi connectivity index (χ3v) is 3.09. The van der Waals surface area contributed by atoms with Gasteiger partial charge < -0.3 is 21.7 Å². The molecule has 5 N–H and O–H groups in total. The van der Waals surface area contributed by atoms with Gasteiger partial charge in [-0.1, -0.05) is 0 Å². The molecule has 0 spiro atoms. The molecule has 1 aliphatic rings. The second-order valence-corrected chi connectivity index (χ2v) is 4.56. The molecule has 2 unspecified atom stereocenters. The molecule has 16 heavy (non-hydrogen) atoms. The van der Waals surface area contributed by atoms with E-state index in [9.17, 15) is 4.79 Å². The summed E-state index contributed by atoms with van der Waals surface area (Å²) in [6.45, 7) is 4.50. The van der Waals surface area contributed by atoms with Crippen LogP contribution in [0.1, 0.15) is 0 Å². The summed E-state index contributed by atoms with van der Waals surface area (Å²) >= 11 is 0. The maximum absolute atomic E-state index is 10.7. The first-order valence-electron chi connectivity index (χ1n) is 5.65. The van der Waals surface area contributed by atoms with E-state index < -0.39 is 11.9 Å². The number of likely N-dealkylation sites (N-methyl/N-ethyl adjacent to an activating group) is 2. The molecule has 1 rings (SSSR count). The van der Waals surface area contributed by atoms with Crippen molar-refractivity contribution in [2.75, 3.05) is 46.8 Å². The van der Waals surface area contributed by atoms with E-state index in [1.807, 2.05) is 0 Å². The van der Waals surface area contributed by atoms with Gasteiger partial charge in [0, 0.05) is 38.8 Å². The van der Waals surface area contributed by atoms with E-state index in [0.717, 1.165) is 26.2 Å². The standard InChI is InChI=1S/C10H23N5O/c1-14-3-4-15(2)8(7-14)5-13-6-9(11)10(12)16/h8-9,13H,3-7,11H2,1-2H3,(H2,12,16). The molecule has 1 saturated heterocycles. The van der Waals surface area contributed by atoms with Crippen molar-refractivity contribution >= 4 is 5.91 Å². The zero-order valence-electron chi connectivity index (χ0n) is 10.1. The lowest BCUT2D eigenvalue weighted by Crippen LogP contribution is -2.55. The molecule has 0 aromatic rings. The first-order chi connectivity index (χ1) is 7.50. The molecule has 1 fully saturated rings. The lowest BCUT2D eigenvalue weighted by Gasteiger charge is -2.37. The molecular formula is C10H23N5O. The number of hydrogen-bond acceptors (Lipinski definition) is 5. The van der Waals surface area contributed by atoms with Gasteiger partial charge in [0.25, 0.3) is 0 Å². The number of primary amides is 1. The Morgan fingerprint density at radius 1 is 1.50 bits per heavy atom. The normalized spacial score (nSPS) is 25.6.